The average Bonchev–Trinajstić information content (AvgIpc) is 2.66. The summed E-state index contributed by atoms with van der Waals surface area (Å²) in [4.78, 5) is 0. The molecule has 0 saturated heterocycles. The van der Waals surface area contributed by atoms with Gasteiger partial charge in [0.25, 0.3) is 0 Å². The van der Waals surface area contributed by atoms with Crippen LogP contribution in [-0.4, -0.2) is 41.7 Å². The van der Waals surface area contributed by atoms with Crippen molar-refractivity contribution in [2.75, 3.05) is 18.6 Å². The first-order chi connectivity index (χ1) is 8.37. The molecular formula is C10H20N4O2S2. The summed E-state index contributed by atoms with van der Waals surface area (Å²) in [7, 11) is 0.265. The van der Waals surface area contributed by atoms with Gasteiger partial charge in [-0.1, -0.05) is 25.6 Å². The quantitative estimate of drug-likeness (QED) is 0.598. The Bertz CT molecular complexity index is 482. The van der Waals surface area contributed by atoms with Crippen LogP contribution in [0.2, 0.25) is 0 Å². The van der Waals surface area contributed by atoms with E-state index in [2.05, 4.69) is 28.8 Å². The molecular weight excluding hydrogens is 272 g/mol. The number of hydrogen-bond donors (Lipinski definition) is 1. The van der Waals surface area contributed by atoms with Crippen molar-refractivity contribution in [1.29, 1.82) is 0 Å². The molecule has 0 aromatic carbocycles. The predicted octanol–water partition coefficient (Wildman–Crippen LogP) is 0.970. The zero-order chi connectivity index (χ0) is 13.8. The van der Waals surface area contributed by atoms with Crippen LogP contribution in [0.4, 0.5) is 0 Å². The molecule has 8 heteroatoms. The minimum Gasteiger partial charge on any atom is -0.309 e. The highest BCUT2D eigenvalue weighted by atomic mass is 32.2. The third-order valence-electron chi connectivity index (χ3n) is 2.48. The number of sulfonamides is 1. The third-order valence-corrected chi connectivity index (χ3v) is 5.04. The number of nitrogens with one attached hydrogen (secondary N) is 1. The van der Waals surface area contributed by atoms with Crippen molar-refractivity contribution in [1.82, 2.24) is 19.5 Å². The standard InChI is InChI=1S/C10H20N4O2S2/c1-8(2)9-12-13-10(14(9)4)17-6-5-7-18(15,16)11-3/h8,11H,5-7H2,1-4H3. The average molecular weight is 292 g/mol. The maximum absolute atomic E-state index is 11.2. The van der Waals surface area contributed by atoms with Gasteiger partial charge in [0.1, 0.15) is 5.82 Å². The van der Waals surface area contributed by atoms with E-state index in [1.165, 1.54) is 18.8 Å². The van der Waals surface area contributed by atoms with Crippen molar-refractivity contribution in [2.45, 2.75) is 31.3 Å². The van der Waals surface area contributed by atoms with E-state index in [1.54, 1.807) is 0 Å². The molecule has 0 aliphatic heterocycles. The number of thioether (sulfide) groups is 1. The van der Waals surface area contributed by atoms with Gasteiger partial charge in [0, 0.05) is 18.7 Å². The largest absolute Gasteiger partial charge is 0.309 e. The summed E-state index contributed by atoms with van der Waals surface area (Å²) in [5, 5.41) is 9.06. The van der Waals surface area contributed by atoms with Crippen molar-refractivity contribution in [2.24, 2.45) is 7.05 Å². The topological polar surface area (TPSA) is 76.9 Å². The van der Waals surface area contributed by atoms with Crippen molar-refractivity contribution < 1.29 is 8.42 Å². The first-order valence-electron chi connectivity index (χ1n) is 5.80. The van der Waals surface area contributed by atoms with Gasteiger partial charge < -0.3 is 4.57 Å². The van der Waals surface area contributed by atoms with E-state index in [0.717, 1.165) is 11.0 Å². The first kappa shape index (κ1) is 15.5. The molecule has 1 aromatic rings. The van der Waals surface area contributed by atoms with Crippen LogP contribution in [0.1, 0.15) is 32.0 Å². The van der Waals surface area contributed by atoms with Gasteiger partial charge in [0.05, 0.1) is 5.75 Å². The molecule has 1 rings (SSSR count). The smallest absolute Gasteiger partial charge is 0.211 e. The fourth-order valence-corrected chi connectivity index (χ4v) is 3.24. The monoisotopic (exact) mass is 292 g/mol. The molecule has 18 heavy (non-hydrogen) atoms. The normalized spacial score (nSPS) is 12.3. The SMILES string of the molecule is CNS(=O)(=O)CCCSc1nnc(C(C)C)n1C. The molecule has 1 heterocycles. The Balaban J connectivity index is 2.45. The van der Waals surface area contributed by atoms with Crippen LogP contribution >= 0.6 is 11.8 Å². The van der Waals surface area contributed by atoms with Crippen LogP contribution in [0, 0.1) is 0 Å². The van der Waals surface area contributed by atoms with Crippen LogP contribution in [-0.2, 0) is 17.1 Å². The molecule has 1 N–H and O–H groups in total. The van der Waals surface area contributed by atoms with Gasteiger partial charge in [-0.15, -0.1) is 10.2 Å². The molecule has 0 aliphatic rings. The maximum Gasteiger partial charge on any atom is 0.211 e. The molecule has 104 valence electrons. The molecule has 0 bridgehead atoms. The zero-order valence-corrected chi connectivity index (χ0v) is 12.8. The van der Waals surface area contributed by atoms with E-state index in [1.807, 2.05) is 11.6 Å². The number of nitrogens with zero attached hydrogens (tertiary/aromatic N) is 3. The summed E-state index contributed by atoms with van der Waals surface area (Å²) < 4.78 is 26.7. The second kappa shape index (κ2) is 6.53. The highest BCUT2D eigenvalue weighted by Gasteiger charge is 2.12. The van der Waals surface area contributed by atoms with E-state index in [4.69, 9.17) is 0 Å². The van der Waals surface area contributed by atoms with Crippen molar-refractivity contribution in [3.63, 3.8) is 0 Å². The fourth-order valence-electron chi connectivity index (χ4n) is 1.47. The number of hydrogen-bond acceptors (Lipinski definition) is 5. The summed E-state index contributed by atoms with van der Waals surface area (Å²) in [6.45, 7) is 4.13. The Morgan fingerprint density at radius 2 is 2.06 bits per heavy atom. The molecule has 0 atom stereocenters. The Labute approximate surface area is 113 Å². The molecule has 0 radical (unpaired) electrons. The number of aromatic nitrogens is 3. The van der Waals surface area contributed by atoms with E-state index in [9.17, 15) is 8.42 Å². The summed E-state index contributed by atoms with van der Waals surface area (Å²) >= 11 is 1.53. The van der Waals surface area contributed by atoms with Crippen LogP contribution in [0.15, 0.2) is 5.16 Å². The van der Waals surface area contributed by atoms with Gasteiger partial charge >= 0.3 is 0 Å². The van der Waals surface area contributed by atoms with Crippen LogP contribution in [0.5, 0.6) is 0 Å². The second-order valence-corrected chi connectivity index (χ2v) is 7.39. The molecule has 0 saturated carbocycles. The van der Waals surface area contributed by atoms with Crippen molar-refractivity contribution in [3.8, 4) is 0 Å². The molecule has 0 aliphatic carbocycles. The van der Waals surface area contributed by atoms with Gasteiger partial charge in [0.15, 0.2) is 5.16 Å². The van der Waals surface area contributed by atoms with E-state index in [0.29, 0.717) is 18.1 Å². The second-order valence-electron chi connectivity index (χ2n) is 4.28. The Morgan fingerprint density at radius 3 is 2.56 bits per heavy atom. The maximum atomic E-state index is 11.2. The van der Waals surface area contributed by atoms with Crippen LogP contribution in [0.25, 0.3) is 0 Å². The minimum atomic E-state index is -3.10. The Kier molecular flexibility index (Phi) is 5.61. The lowest BCUT2D eigenvalue weighted by Crippen LogP contribution is -2.22. The molecule has 0 unspecified atom stereocenters. The van der Waals surface area contributed by atoms with Gasteiger partial charge in [-0.2, -0.15) is 0 Å². The molecule has 0 spiro atoms. The van der Waals surface area contributed by atoms with Crippen LogP contribution in [0.3, 0.4) is 0 Å². The molecule has 1 aromatic heterocycles. The Morgan fingerprint density at radius 1 is 1.39 bits per heavy atom. The predicted molar refractivity (Wildman–Crippen MR) is 73.3 cm³/mol. The van der Waals surface area contributed by atoms with Crippen molar-refractivity contribution in [3.05, 3.63) is 5.82 Å². The summed E-state index contributed by atoms with van der Waals surface area (Å²) in [6.07, 6.45) is 0.595. The lowest BCUT2D eigenvalue weighted by Gasteiger charge is -2.05. The summed E-state index contributed by atoms with van der Waals surface area (Å²) in [5.41, 5.74) is 0. The zero-order valence-electron chi connectivity index (χ0n) is 11.2. The molecule has 6 nitrogen and oxygen atoms in total. The lowest BCUT2D eigenvalue weighted by atomic mass is 10.2. The van der Waals surface area contributed by atoms with Crippen LogP contribution < -0.4 is 4.72 Å². The Hall–Kier alpha value is -0.600. The lowest BCUT2D eigenvalue weighted by molar-refractivity contribution is 0.587. The van der Waals surface area contributed by atoms with E-state index in [-0.39, 0.29) is 5.75 Å². The van der Waals surface area contributed by atoms with Gasteiger partial charge in [0.2, 0.25) is 10.0 Å². The van der Waals surface area contributed by atoms with E-state index >= 15 is 0 Å². The van der Waals surface area contributed by atoms with Gasteiger partial charge in [-0.3, -0.25) is 0 Å². The van der Waals surface area contributed by atoms with E-state index < -0.39 is 10.0 Å². The summed E-state index contributed by atoms with van der Waals surface area (Å²) in [6, 6.07) is 0. The summed E-state index contributed by atoms with van der Waals surface area (Å²) in [5.74, 6) is 2.14. The first-order valence-corrected chi connectivity index (χ1v) is 8.44. The fraction of sp³-hybridized carbons (Fsp3) is 0.800. The molecule has 0 amide bonds. The van der Waals surface area contributed by atoms with Gasteiger partial charge in [-0.25, -0.2) is 13.1 Å². The highest BCUT2D eigenvalue weighted by molar-refractivity contribution is 7.99. The minimum absolute atomic E-state index is 0.144. The third kappa shape index (κ3) is 4.25. The van der Waals surface area contributed by atoms with Gasteiger partial charge in [-0.05, 0) is 13.5 Å². The molecule has 0 fully saturated rings. The van der Waals surface area contributed by atoms with Crippen molar-refractivity contribution >= 4 is 21.8 Å². The number of rotatable bonds is 7. The highest BCUT2D eigenvalue weighted by Crippen LogP contribution is 2.20.